The normalized spacial score (nSPS) is 20.7. The maximum Gasteiger partial charge on any atom is 0.274 e. The number of aliphatic hydroxyl groups excluding tert-OH is 1. The van der Waals surface area contributed by atoms with Crippen molar-refractivity contribution in [1.82, 2.24) is 19.4 Å². The third-order valence-electron chi connectivity index (χ3n) is 10.6. The Balaban J connectivity index is 1.15. The van der Waals surface area contributed by atoms with Gasteiger partial charge in [-0.2, -0.15) is 0 Å². The van der Waals surface area contributed by atoms with E-state index in [0.29, 0.717) is 53.3 Å². The van der Waals surface area contributed by atoms with Gasteiger partial charge in [0, 0.05) is 85.7 Å². The van der Waals surface area contributed by atoms with Gasteiger partial charge in [-0.15, -0.1) is 0 Å². The first kappa shape index (κ1) is 29.0. The van der Waals surface area contributed by atoms with Gasteiger partial charge in [0.2, 0.25) is 0 Å². The SMILES string of the molecule is Cc1c(N2CCn3c(cc4c3C3CCC4C3)C2=O)cc(-c2c[nH]c(=O)c(Nc3ncccc3N3CCN(C)CC3)c2)c(F)c1CO. The van der Waals surface area contributed by atoms with Gasteiger partial charge in [0.25, 0.3) is 11.5 Å². The van der Waals surface area contributed by atoms with E-state index < -0.39 is 12.4 Å². The number of amides is 1. The van der Waals surface area contributed by atoms with Crippen LogP contribution in [-0.4, -0.2) is 70.2 Å². The Morgan fingerprint density at radius 3 is 2.65 bits per heavy atom. The van der Waals surface area contributed by atoms with Gasteiger partial charge in [-0.05, 0) is 80.6 Å². The number of nitrogens with zero attached hydrogens (tertiary/aromatic N) is 5. The van der Waals surface area contributed by atoms with Crippen LogP contribution < -0.4 is 20.7 Å². The molecule has 238 valence electrons. The number of carbonyl (C=O) groups excluding carboxylic acids is 1. The number of aliphatic hydroxyl groups is 1. The molecule has 2 unspecified atom stereocenters. The van der Waals surface area contributed by atoms with Crippen molar-refractivity contribution in [2.24, 2.45) is 0 Å². The lowest BCUT2D eigenvalue weighted by Crippen LogP contribution is -2.44. The molecule has 4 aromatic rings. The minimum atomic E-state index is -0.582. The monoisotopic (exact) mass is 623 g/mol. The number of carbonyl (C=O) groups is 1. The summed E-state index contributed by atoms with van der Waals surface area (Å²) in [4.78, 5) is 40.5. The van der Waals surface area contributed by atoms with Gasteiger partial charge >= 0.3 is 0 Å². The highest BCUT2D eigenvalue weighted by molar-refractivity contribution is 6.07. The van der Waals surface area contributed by atoms with E-state index in [2.05, 4.69) is 42.8 Å². The molecule has 10 nitrogen and oxygen atoms in total. The second-order valence-electron chi connectivity index (χ2n) is 13.1. The summed E-state index contributed by atoms with van der Waals surface area (Å²) >= 11 is 0. The molecule has 46 heavy (non-hydrogen) atoms. The number of piperazine rings is 1. The first-order valence-electron chi connectivity index (χ1n) is 16.2. The first-order chi connectivity index (χ1) is 22.3. The summed E-state index contributed by atoms with van der Waals surface area (Å²) in [6, 6.07) is 9.20. The number of H-pyrrole nitrogens is 1. The van der Waals surface area contributed by atoms with E-state index in [1.165, 1.54) is 36.7 Å². The van der Waals surface area contributed by atoms with E-state index >= 15 is 4.39 Å². The molecular formula is C35H38FN7O3. The van der Waals surface area contributed by atoms with Gasteiger partial charge in [0.05, 0.1) is 12.3 Å². The Bertz CT molecular complexity index is 1930. The molecule has 2 aliphatic heterocycles. The van der Waals surface area contributed by atoms with Crippen molar-refractivity contribution < 1.29 is 14.3 Å². The van der Waals surface area contributed by atoms with Crippen molar-refractivity contribution in [2.75, 3.05) is 54.9 Å². The number of hydrogen-bond donors (Lipinski definition) is 3. The lowest BCUT2D eigenvalue weighted by Gasteiger charge is -2.34. The predicted octanol–water partition coefficient (Wildman–Crippen LogP) is 4.70. The number of benzene rings is 1. The average molecular weight is 624 g/mol. The summed E-state index contributed by atoms with van der Waals surface area (Å²) in [5.74, 6) is 0.936. The van der Waals surface area contributed by atoms with Crippen molar-refractivity contribution in [1.29, 1.82) is 0 Å². The maximum atomic E-state index is 16.1. The van der Waals surface area contributed by atoms with Crippen molar-refractivity contribution in [3.05, 3.63) is 87.0 Å². The Kier molecular flexibility index (Phi) is 6.99. The minimum Gasteiger partial charge on any atom is -0.392 e. The molecule has 1 amide bonds. The zero-order valence-corrected chi connectivity index (χ0v) is 26.1. The molecule has 2 bridgehead atoms. The molecule has 1 saturated heterocycles. The third-order valence-corrected chi connectivity index (χ3v) is 10.6. The van der Waals surface area contributed by atoms with Crippen molar-refractivity contribution in [3.63, 3.8) is 0 Å². The zero-order chi connectivity index (χ0) is 31.7. The molecule has 4 aliphatic rings. The third kappa shape index (κ3) is 4.55. The number of hydrogen-bond acceptors (Lipinski definition) is 7. The fourth-order valence-corrected chi connectivity index (χ4v) is 8.09. The Labute approximate surface area is 266 Å². The molecular weight excluding hydrogens is 585 g/mol. The number of aromatic amines is 1. The summed E-state index contributed by atoms with van der Waals surface area (Å²) < 4.78 is 18.3. The summed E-state index contributed by atoms with van der Waals surface area (Å²) in [7, 11) is 2.09. The average Bonchev–Trinajstić information content (AvgIpc) is 3.78. The highest BCUT2D eigenvalue weighted by Gasteiger charge is 2.43. The molecule has 8 rings (SSSR count). The van der Waals surface area contributed by atoms with Crippen molar-refractivity contribution in [2.45, 2.75) is 51.2 Å². The van der Waals surface area contributed by atoms with Crippen LogP contribution in [0.25, 0.3) is 11.1 Å². The topological polar surface area (TPSA) is 110 Å². The fourth-order valence-electron chi connectivity index (χ4n) is 8.09. The zero-order valence-electron chi connectivity index (χ0n) is 26.1. The first-order valence-corrected chi connectivity index (χ1v) is 16.2. The van der Waals surface area contributed by atoms with Crippen LogP contribution in [-0.2, 0) is 13.2 Å². The number of pyridine rings is 2. The van der Waals surface area contributed by atoms with Crippen LogP contribution in [0, 0.1) is 12.7 Å². The van der Waals surface area contributed by atoms with Crippen LogP contribution >= 0.6 is 0 Å². The molecule has 0 spiro atoms. The van der Waals surface area contributed by atoms with E-state index in [9.17, 15) is 14.7 Å². The molecule has 0 radical (unpaired) electrons. The van der Waals surface area contributed by atoms with E-state index in [1.807, 2.05) is 12.1 Å². The molecule has 1 saturated carbocycles. The highest BCUT2D eigenvalue weighted by Crippen LogP contribution is 2.54. The van der Waals surface area contributed by atoms with E-state index in [0.717, 1.165) is 31.9 Å². The van der Waals surface area contributed by atoms with Crippen LogP contribution in [0.5, 0.6) is 0 Å². The Morgan fingerprint density at radius 2 is 1.85 bits per heavy atom. The van der Waals surface area contributed by atoms with Gasteiger partial charge in [0.15, 0.2) is 5.82 Å². The molecule has 3 N–H and O–H groups in total. The molecule has 11 heteroatoms. The van der Waals surface area contributed by atoms with E-state index in [1.54, 1.807) is 30.2 Å². The van der Waals surface area contributed by atoms with Crippen LogP contribution in [0.3, 0.4) is 0 Å². The smallest absolute Gasteiger partial charge is 0.274 e. The number of halogens is 1. The number of aromatic nitrogens is 3. The highest BCUT2D eigenvalue weighted by atomic mass is 19.1. The molecule has 2 atom stereocenters. The second-order valence-corrected chi connectivity index (χ2v) is 13.1. The van der Waals surface area contributed by atoms with E-state index in [-0.39, 0.29) is 28.3 Å². The summed E-state index contributed by atoms with van der Waals surface area (Å²) in [5, 5.41) is 13.5. The molecule has 3 aromatic heterocycles. The van der Waals surface area contributed by atoms with Gasteiger partial charge in [-0.1, -0.05) is 0 Å². The van der Waals surface area contributed by atoms with Crippen LogP contribution in [0.2, 0.25) is 0 Å². The number of anilines is 4. The van der Waals surface area contributed by atoms with Crippen molar-refractivity contribution in [3.8, 4) is 11.1 Å². The van der Waals surface area contributed by atoms with Gasteiger partial charge < -0.3 is 34.7 Å². The minimum absolute atomic E-state index is 0.111. The molecule has 1 aromatic carbocycles. The summed E-state index contributed by atoms with van der Waals surface area (Å²) in [5.41, 5.74) is 5.90. The number of fused-ring (bicyclic) bond motifs is 7. The largest absolute Gasteiger partial charge is 0.392 e. The van der Waals surface area contributed by atoms with E-state index in [4.69, 9.17) is 0 Å². The number of likely N-dealkylation sites (N-methyl/N-ethyl adjacent to an activating group) is 1. The molecule has 2 fully saturated rings. The van der Waals surface area contributed by atoms with Crippen molar-refractivity contribution >= 4 is 28.8 Å². The lowest BCUT2D eigenvalue weighted by atomic mass is 9.96. The van der Waals surface area contributed by atoms with Crippen LogP contribution in [0.1, 0.15) is 64.0 Å². The quantitative estimate of drug-likeness (QED) is 0.286. The van der Waals surface area contributed by atoms with Gasteiger partial charge in [0.1, 0.15) is 17.2 Å². The standard InChI is InChI=1S/C35H38FN7O3/c1-20-26(19-44)31(36)24(16-29(20)43-13-12-42-30(35(43)46)17-25-21-5-6-22(14-21)32(25)42)23-15-27(34(45)38-18-23)39-33-28(4-3-7-37-33)41-10-8-40(2)9-11-41/h3-4,7,15-18,21-22,44H,5-6,8-14,19H2,1-2H3,(H,37,39)(H,38,45). The maximum absolute atomic E-state index is 16.1. The Morgan fingerprint density at radius 1 is 1.04 bits per heavy atom. The lowest BCUT2D eigenvalue weighted by molar-refractivity contribution is 0.0964. The molecule has 2 aliphatic carbocycles. The second kappa shape index (κ2) is 11.1. The van der Waals surface area contributed by atoms with Gasteiger partial charge in [-0.25, -0.2) is 9.37 Å². The molecule has 5 heterocycles. The van der Waals surface area contributed by atoms with Crippen LogP contribution in [0.4, 0.5) is 27.3 Å². The summed E-state index contributed by atoms with van der Waals surface area (Å²) in [6.45, 7) is 5.85. The fraction of sp³-hybridized carbons (Fsp3) is 0.400. The van der Waals surface area contributed by atoms with Crippen LogP contribution in [0.15, 0.2) is 47.5 Å². The predicted molar refractivity (Wildman–Crippen MR) is 176 cm³/mol. The van der Waals surface area contributed by atoms with Gasteiger partial charge in [-0.3, -0.25) is 9.59 Å². The number of nitrogens with one attached hydrogen (secondary N) is 2. The Hall–Kier alpha value is -4.48. The summed E-state index contributed by atoms with van der Waals surface area (Å²) in [6.07, 6.45) is 6.71. The number of rotatable bonds is 6.